The maximum atomic E-state index is 6.23. The largest absolute Gasteiger partial charge is 0.379 e. The molecule has 1 aromatic rings. The summed E-state index contributed by atoms with van der Waals surface area (Å²) >= 11 is 0. The van der Waals surface area contributed by atoms with E-state index in [0.29, 0.717) is 0 Å². The molecule has 0 spiro atoms. The van der Waals surface area contributed by atoms with Crippen molar-refractivity contribution in [2.45, 2.75) is 51.7 Å². The number of hydrogen-bond acceptors (Lipinski definition) is 2. The van der Waals surface area contributed by atoms with Crippen LogP contribution in [0.15, 0.2) is 24.3 Å². The van der Waals surface area contributed by atoms with Crippen LogP contribution in [0.4, 0.5) is 0 Å². The summed E-state index contributed by atoms with van der Waals surface area (Å²) in [7, 11) is 1.74. The molecule has 0 aliphatic rings. The van der Waals surface area contributed by atoms with E-state index in [1.807, 2.05) is 0 Å². The maximum absolute atomic E-state index is 6.23. The second-order valence-corrected chi connectivity index (χ2v) is 4.58. The fraction of sp³-hybridized carbons (Fsp3) is 0.600. The van der Waals surface area contributed by atoms with Crippen LogP contribution in [0.25, 0.3) is 0 Å². The monoisotopic (exact) mass is 235 g/mol. The Morgan fingerprint density at radius 3 is 2.24 bits per heavy atom. The van der Waals surface area contributed by atoms with E-state index < -0.39 is 0 Å². The van der Waals surface area contributed by atoms with E-state index in [-0.39, 0.29) is 12.1 Å². The summed E-state index contributed by atoms with van der Waals surface area (Å²) in [5.74, 6) is 0. The summed E-state index contributed by atoms with van der Waals surface area (Å²) in [5.41, 5.74) is 8.79. The fourth-order valence-electron chi connectivity index (χ4n) is 2.14. The van der Waals surface area contributed by atoms with Gasteiger partial charge in [-0.3, -0.25) is 0 Å². The third kappa shape index (κ3) is 4.14. The minimum Gasteiger partial charge on any atom is -0.379 e. The molecule has 2 unspecified atom stereocenters. The number of ether oxygens (including phenoxy) is 1. The summed E-state index contributed by atoms with van der Waals surface area (Å²) < 4.78 is 5.46. The fourth-order valence-corrected chi connectivity index (χ4v) is 2.14. The van der Waals surface area contributed by atoms with Crippen molar-refractivity contribution in [1.29, 1.82) is 0 Å². The van der Waals surface area contributed by atoms with Gasteiger partial charge >= 0.3 is 0 Å². The summed E-state index contributed by atoms with van der Waals surface area (Å²) in [6, 6.07) is 8.61. The first-order valence-corrected chi connectivity index (χ1v) is 6.60. The predicted molar refractivity (Wildman–Crippen MR) is 73.1 cm³/mol. The second kappa shape index (κ2) is 7.46. The maximum Gasteiger partial charge on any atom is 0.0763 e. The summed E-state index contributed by atoms with van der Waals surface area (Å²) in [4.78, 5) is 0. The van der Waals surface area contributed by atoms with Gasteiger partial charge in [0.25, 0.3) is 0 Å². The second-order valence-electron chi connectivity index (χ2n) is 4.58. The van der Waals surface area contributed by atoms with E-state index in [2.05, 4.69) is 38.1 Å². The van der Waals surface area contributed by atoms with Crippen molar-refractivity contribution in [2.24, 2.45) is 5.73 Å². The Hall–Kier alpha value is -0.860. The Labute approximate surface area is 105 Å². The van der Waals surface area contributed by atoms with Gasteiger partial charge in [0.05, 0.1) is 12.1 Å². The topological polar surface area (TPSA) is 35.2 Å². The number of aryl methyl sites for hydroxylation is 1. The van der Waals surface area contributed by atoms with Crippen molar-refractivity contribution >= 4 is 0 Å². The zero-order valence-corrected chi connectivity index (χ0v) is 11.3. The summed E-state index contributed by atoms with van der Waals surface area (Å²) in [5, 5.41) is 0. The van der Waals surface area contributed by atoms with Crippen LogP contribution in [0.2, 0.25) is 0 Å². The van der Waals surface area contributed by atoms with Gasteiger partial charge in [0.2, 0.25) is 0 Å². The van der Waals surface area contributed by atoms with E-state index in [0.717, 1.165) is 19.3 Å². The van der Waals surface area contributed by atoms with E-state index in [9.17, 15) is 0 Å². The van der Waals surface area contributed by atoms with Crippen LogP contribution in [-0.2, 0) is 11.2 Å². The van der Waals surface area contributed by atoms with Crippen molar-refractivity contribution in [3.8, 4) is 0 Å². The Morgan fingerprint density at radius 2 is 1.76 bits per heavy atom. The molecular weight excluding hydrogens is 210 g/mol. The Bertz CT molecular complexity index is 307. The highest BCUT2D eigenvalue weighted by atomic mass is 16.5. The van der Waals surface area contributed by atoms with Crippen LogP contribution in [-0.4, -0.2) is 13.2 Å². The molecule has 2 nitrogen and oxygen atoms in total. The smallest absolute Gasteiger partial charge is 0.0763 e. The van der Waals surface area contributed by atoms with Crippen molar-refractivity contribution in [3.63, 3.8) is 0 Å². The molecular formula is C15H25NO. The first-order chi connectivity index (χ1) is 8.22. The van der Waals surface area contributed by atoms with Gasteiger partial charge in [0.1, 0.15) is 0 Å². The van der Waals surface area contributed by atoms with Crippen LogP contribution >= 0.6 is 0 Å². The minimum absolute atomic E-state index is 0.0179. The van der Waals surface area contributed by atoms with Gasteiger partial charge in [-0.05, 0) is 24.0 Å². The quantitative estimate of drug-likeness (QED) is 0.785. The standard InChI is InChI=1S/C15H25NO/c1-4-6-12-8-10-13(11-9-12)15(16)14(17-3)7-5-2/h8-11,14-15H,4-7,16H2,1-3H3. The molecule has 0 heterocycles. The minimum atomic E-state index is -0.0179. The van der Waals surface area contributed by atoms with Crippen LogP contribution in [0.5, 0.6) is 0 Å². The highest BCUT2D eigenvalue weighted by molar-refractivity contribution is 5.25. The molecule has 0 aliphatic heterocycles. The average molecular weight is 235 g/mol. The molecule has 0 amide bonds. The van der Waals surface area contributed by atoms with Crippen LogP contribution in [0.1, 0.15) is 50.3 Å². The van der Waals surface area contributed by atoms with Gasteiger partial charge < -0.3 is 10.5 Å². The highest BCUT2D eigenvalue weighted by Crippen LogP contribution is 2.20. The number of benzene rings is 1. The van der Waals surface area contributed by atoms with Crippen LogP contribution in [0.3, 0.4) is 0 Å². The van der Waals surface area contributed by atoms with Crippen LogP contribution < -0.4 is 5.73 Å². The molecule has 0 saturated heterocycles. The van der Waals surface area contributed by atoms with Gasteiger partial charge in [0.15, 0.2) is 0 Å². The van der Waals surface area contributed by atoms with Gasteiger partial charge in [-0.1, -0.05) is 51.0 Å². The van der Waals surface area contributed by atoms with Gasteiger partial charge in [-0.15, -0.1) is 0 Å². The summed E-state index contributed by atoms with van der Waals surface area (Å²) in [6.45, 7) is 4.35. The average Bonchev–Trinajstić information content (AvgIpc) is 2.36. The van der Waals surface area contributed by atoms with E-state index in [4.69, 9.17) is 10.5 Å². The van der Waals surface area contributed by atoms with E-state index in [1.54, 1.807) is 7.11 Å². The lowest BCUT2D eigenvalue weighted by molar-refractivity contribution is 0.0725. The van der Waals surface area contributed by atoms with Gasteiger partial charge in [-0.25, -0.2) is 0 Å². The van der Waals surface area contributed by atoms with Gasteiger partial charge in [0, 0.05) is 7.11 Å². The lowest BCUT2D eigenvalue weighted by Gasteiger charge is -2.22. The number of hydrogen-bond donors (Lipinski definition) is 1. The number of nitrogens with two attached hydrogens (primary N) is 1. The van der Waals surface area contributed by atoms with Crippen molar-refractivity contribution in [1.82, 2.24) is 0 Å². The molecule has 17 heavy (non-hydrogen) atoms. The van der Waals surface area contributed by atoms with Crippen molar-refractivity contribution in [2.75, 3.05) is 7.11 Å². The lowest BCUT2D eigenvalue weighted by Crippen LogP contribution is -2.27. The zero-order chi connectivity index (χ0) is 12.7. The SMILES string of the molecule is CCCc1ccc(C(N)C(CCC)OC)cc1. The lowest BCUT2D eigenvalue weighted by atomic mass is 9.97. The number of methoxy groups -OCH3 is 1. The summed E-state index contributed by atoms with van der Waals surface area (Å²) in [6.07, 6.45) is 4.55. The molecule has 1 rings (SSSR count). The van der Waals surface area contributed by atoms with E-state index in [1.165, 1.54) is 17.5 Å². The molecule has 0 aromatic heterocycles. The van der Waals surface area contributed by atoms with E-state index >= 15 is 0 Å². The molecule has 0 bridgehead atoms. The highest BCUT2D eigenvalue weighted by Gasteiger charge is 2.17. The molecule has 96 valence electrons. The molecule has 0 saturated carbocycles. The van der Waals surface area contributed by atoms with Gasteiger partial charge in [-0.2, -0.15) is 0 Å². The molecule has 0 radical (unpaired) electrons. The van der Waals surface area contributed by atoms with Crippen LogP contribution in [0, 0.1) is 0 Å². The molecule has 2 heteroatoms. The Morgan fingerprint density at radius 1 is 1.12 bits per heavy atom. The molecule has 1 aromatic carbocycles. The van der Waals surface area contributed by atoms with Crippen molar-refractivity contribution < 1.29 is 4.74 Å². The zero-order valence-electron chi connectivity index (χ0n) is 11.3. The molecule has 2 atom stereocenters. The predicted octanol–water partition coefficient (Wildman–Crippen LogP) is 3.45. The van der Waals surface area contributed by atoms with Crippen molar-refractivity contribution in [3.05, 3.63) is 35.4 Å². The third-order valence-corrected chi connectivity index (χ3v) is 3.18. The third-order valence-electron chi connectivity index (χ3n) is 3.18. The Kier molecular flexibility index (Phi) is 6.23. The molecule has 0 aliphatic carbocycles. The first kappa shape index (κ1) is 14.2. The molecule has 2 N–H and O–H groups in total. The molecule has 0 fully saturated rings. The Balaban J connectivity index is 2.70. The number of rotatable bonds is 7. The normalized spacial score (nSPS) is 14.6. The first-order valence-electron chi connectivity index (χ1n) is 6.60.